The quantitative estimate of drug-likeness (QED) is 0.448. The van der Waals surface area contributed by atoms with Gasteiger partial charge in [0.1, 0.15) is 15.6 Å². The van der Waals surface area contributed by atoms with Gasteiger partial charge in [0.15, 0.2) is 0 Å². The number of allylic oxidation sites excluding steroid dienone is 4. The van der Waals surface area contributed by atoms with E-state index in [4.69, 9.17) is 4.74 Å². The molecule has 10 nitrogen and oxygen atoms in total. The molecule has 4 aliphatic rings. The van der Waals surface area contributed by atoms with Crippen molar-refractivity contribution < 1.29 is 27.9 Å². The van der Waals surface area contributed by atoms with Crippen molar-refractivity contribution >= 4 is 50.3 Å². The number of piperazine rings is 1. The molecule has 3 atom stereocenters. The Labute approximate surface area is 263 Å². The maximum Gasteiger partial charge on any atom is 0.348 e. The third kappa shape index (κ3) is 6.09. The average Bonchev–Trinajstić information content (AvgIpc) is 3.47. The fraction of sp³-hybridized carbons (Fsp3) is 0.531. The lowest BCUT2D eigenvalue weighted by atomic mass is 9.82. The van der Waals surface area contributed by atoms with Crippen molar-refractivity contribution in [1.82, 2.24) is 9.29 Å². The molecule has 2 aromatic rings. The van der Waals surface area contributed by atoms with E-state index in [1.54, 1.807) is 17.0 Å². The van der Waals surface area contributed by atoms with Crippen molar-refractivity contribution in [2.45, 2.75) is 69.4 Å². The molecule has 2 saturated heterocycles. The highest BCUT2D eigenvalue weighted by Crippen LogP contribution is 2.41. The first-order chi connectivity index (χ1) is 21.1. The van der Waals surface area contributed by atoms with E-state index in [0.29, 0.717) is 37.2 Å². The van der Waals surface area contributed by atoms with E-state index in [2.05, 4.69) is 29.0 Å². The molecule has 44 heavy (non-hydrogen) atoms. The second-order valence-electron chi connectivity index (χ2n) is 12.4. The Morgan fingerprint density at radius 3 is 2.61 bits per heavy atom. The van der Waals surface area contributed by atoms with Gasteiger partial charge >= 0.3 is 5.97 Å². The third-order valence-corrected chi connectivity index (χ3v) is 12.2. The summed E-state index contributed by atoms with van der Waals surface area (Å²) in [6.45, 7) is 5.75. The Bertz CT molecular complexity index is 1560. The molecular weight excluding hydrogens is 601 g/mol. The van der Waals surface area contributed by atoms with Crippen LogP contribution in [0.25, 0.3) is 5.57 Å². The van der Waals surface area contributed by atoms with Gasteiger partial charge in [0.05, 0.1) is 37.5 Å². The van der Waals surface area contributed by atoms with Crippen LogP contribution in [-0.4, -0.2) is 79.6 Å². The molecule has 1 unspecified atom stereocenters. The average molecular weight is 641 g/mol. The van der Waals surface area contributed by atoms with Crippen LogP contribution in [0.5, 0.6) is 0 Å². The molecule has 6 rings (SSSR count). The lowest BCUT2D eigenvalue weighted by molar-refractivity contribution is -0.121. The molecule has 0 radical (unpaired) electrons. The molecule has 0 bridgehead atoms. The molecule has 1 saturated carbocycles. The van der Waals surface area contributed by atoms with Gasteiger partial charge in [0.2, 0.25) is 15.9 Å². The molecule has 0 spiro atoms. The number of morpholine rings is 1. The van der Waals surface area contributed by atoms with Gasteiger partial charge in [-0.15, -0.1) is 11.3 Å². The first kappa shape index (κ1) is 30.9. The normalized spacial score (nSPS) is 25.7. The van der Waals surface area contributed by atoms with Gasteiger partial charge < -0.3 is 19.6 Å². The zero-order chi connectivity index (χ0) is 31.0. The Morgan fingerprint density at radius 2 is 1.95 bits per heavy atom. The molecule has 3 fully saturated rings. The number of aromatic nitrogens is 1. The number of nitrogens with zero attached hydrogens (tertiary/aromatic N) is 4. The summed E-state index contributed by atoms with van der Waals surface area (Å²) >= 11 is 1.17. The van der Waals surface area contributed by atoms with Gasteiger partial charge in [-0.3, -0.25) is 4.79 Å². The van der Waals surface area contributed by atoms with Crippen LogP contribution in [0.1, 0.15) is 66.9 Å². The first-order valence-electron chi connectivity index (χ1n) is 15.5. The number of carboxylic acids is 1. The first-order valence-corrected chi connectivity index (χ1v) is 17.8. The smallest absolute Gasteiger partial charge is 0.348 e. The van der Waals surface area contributed by atoms with Crippen LogP contribution in [0, 0.1) is 11.8 Å². The summed E-state index contributed by atoms with van der Waals surface area (Å²) in [5, 5.41) is 10.2. The number of sulfonamides is 1. The van der Waals surface area contributed by atoms with Crippen molar-refractivity contribution in [3.05, 3.63) is 52.4 Å². The SMILES string of the molecule is CC1C=CC(c2cc(N3C(=O)CN(S(=O)(=O)c4ccc(N5CCOC[C@H]5C)nc4)C[C@H]3C3CCCCC3)c(C(=O)O)s2)=CC1. The molecule has 2 aliphatic carbocycles. The topological polar surface area (TPSA) is 120 Å². The maximum absolute atomic E-state index is 14.0. The van der Waals surface area contributed by atoms with Crippen molar-refractivity contribution in [3.63, 3.8) is 0 Å². The number of carbonyl (C=O) groups is 2. The second kappa shape index (κ2) is 12.7. The summed E-state index contributed by atoms with van der Waals surface area (Å²) < 4.78 is 34.7. The number of carbonyl (C=O) groups excluding carboxylic acids is 1. The van der Waals surface area contributed by atoms with Gasteiger partial charge in [-0.25, -0.2) is 18.2 Å². The zero-order valence-corrected chi connectivity index (χ0v) is 26.9. The fourth-order valence-corrected chi connectivity index (χ4v) is 9.18. The third-order valence-electron chi connectivity index (χ3n) is 9.28. The monoisotopic (exact) mass is 640 g/mol. The summed E-state index contributed by atoms with van der Waals surface area (Å²) in [7, 11) is -4.03. The second-order valence-corrected chi connectivity index (χ2v) is 15.3. The number of pyridine rings is 1. The number of amides is 1. The van der Waals surface area contributed by atoms with E-state index >= 15 is 0 Å². The maximum atomic E-state index is 14.0. The summed E-state index contributed by atoms with van der Waals surface area (Å²) in [6, 6.07) is 4.75. The lowest BCUT2D eigenvalue weighted by Crippen LogP contribution is -2.60. The molecule has 2 aliphatic heterocycles. The number of hydrogen-bond donors (Lipinski definition) is 1. The zero-order valence-electron chi connectivity index (χ0n) is 25.2. The van der Waals surface area contributed by atoms with Gasteiger partial charge in [-0.2, -0.15) is 4.31 Å². The molecule has 4 heterocycles. The minimum atomic E-state index is -4.03. The Kier molecular flexibility index (Phi) is 8.96. The number of aromatic carboxylic acids is 1. The Hall–Kier alpha value is -3.06. The van der Waals surface area contributed by atoms with E-state index in [0.717, 1.165) is 49.0 Å². The van der Waals surface area contributed by atoms with Crippen LogP contribution in [0.2, 0.25) is 0 Å². The van der Waals surface area contributed by atoms with Crippen LogP contribution in [0.4, 0.5) is 11.5 Å². The minimum Gasteiger partial charge on any atom is -0.477 e. The van der Waals surface area contributed by atoms with Gasteiger partial charge in [0.25, 0.3) is 0 Å². The summed E-state index contributed by atoms with van der Waals surface area (Å²) in [4.78, 5) is 35.6. The number of ether oxygens (including phenoxy) is 1. The molecule has 2 aromatic heterocycles. The van der Waals surface area contributed by atoms with Crippen molar-refractivity contribution in [1.29, 1.82) is 0 Å². The summed E-state index contributed by atoms with van der Waals surface area (Å²) in [6.07, 6.45) is 13.3. The molecule has 1 N–H and O–H groups in total. The standard InChI is InChI=1S/C32H40N4O6S2/c1-21-8-10-24(11-9-21)28-16-26(31(43-28)32(38)39)36-27(23-6-4-3-5-7-23)18-34(19-30(36)37)44(40,41)25-12-13-29(33-17-25)35-14-15-42-20-22(35)2/h8,10-13,16-17,21-23,27H,3-7,9,14-15,18-20H2,1-2H3,(H,38,39)/t21?,22-,27+/m1/s1. The number of thiophene rings is 1. The molecular formula is C32H40N4O6S2. The van der Waals surface area contributed by atoms with Gasteiger partial charge in [-0.05, 0) is 61.8 Å². The Balaban J connectivity index is 1.31. The van der Waals surface area contributed by atoms with Crippen molar-refractivity contribution in [2.24, 2.45) is 11.8 Å². The van der Waals surface area contributed by atoms with Crippen LogP contribution in [-0.2, 0) is 19.6 Å². The summed E-state index contributed by atoms with van der Waals surface area (Å²) in [5.74, 6) is -0.327. The van der Waals surface area contributed by atoms with E-state index in [1.807, 2.05) is 19.1 Å². The predicted molar refractivity (Wildman–Crippen MR) is 171 cm³/mol. The van der Waals surface area contributed by atoms with E-state index in [1.165, 1.54) is 21.8 Å². The highest BCUT2D eigenvalue weighted by atomic mass is 32.2. The van der Waals surface area contributed by atoms with Crippen LogP contribution >= 0.6 is 11.3 Å². The summed E-state index contributed by atoms with van der Waals surface area (Å²) in [5.41, 5.74) is 1.32. The fourth-order valence-electron chi connectivity index (χ4n) is 6.82. The van der Waals surface area contributed by atoms with E-state index in [9.17, 15) is 23.1 Å². The van der Waals surface area contributed by atoms with Gasteiger partial charge in [0, 0.05) is 24.2 Å². The van der Waals surface area contributed by atoms with Crippen LogP contribution in [0.15, 0.2) is 47.5 Å². The van der Waals surface area contributed by atoms with Crippen molar-refractivity contribution in [2.75, 3.05) is 42.6 Å². The highest BCUT2D eigenvalue weighted by Gasteiger charge is 2.44. The molecule has 12 heteroatoms. The molecule has 1 amide bonds. The number of anilines is 2. The number of rotatable bonds is 7. The highest BCUT2D eigenvalue weighted by molar-refractivity contribution is 7.89. The van der Waals surface area contributed by atoms with Gasteiger partial charge in [-0.1, -0.05) is 44.4 Å². The largest absolute Gasteiger partial charge is 0.477 e. The Morgan fingerprint density at radius 1 is 1.16 bits per heavy atom. The van der Waals surface area contributed by atoms with Crippen LogP contribution in [0.3, 0.4) is 0 Å². The number of hydrogen-bond acceptors (Lipinski definition) is 8. The van der Waals surface area contributed by atoms with Crippen LogP contribution < -0.4 is 9.80 Å². The number of carboxylic acid groups (broad SMARTS) is 1. The minimum absolute atomic E-state index is 0.0418. The van der Waals surface area contributed by atoms with Crippen molar-refractivity contribution in [3.8, 4) is 0 Å². The van der Waals surface area contributed by atoms with E-state index < -0.39 is 27.9 Å². The van der Waals surface area contributed by atoms with E-state index in [-0.39, 0.29) is 34.8 Å². The lowest BCUT2D eigenvalue weighted by Gasteiger charge is -2.44. The molecule has 236 valence electrons. The predicted octanol–water partition coefficient (Wildman–Crippen LogP) is 5.03. The molecule has 0 aromatic carbocycles.